The largest absolute Gasteiger partial charge is 0.394 e. The number of nitrogens with zero attached hydrogens (tertiary/aromatic N) is 1. The molecule has 148 valence electrons. The standard InChI is InChI=1S/C19H20N2O7/c1-19(2)27-14-12(9-22)26-17(15(14)28-19)21-8-11(16(24)20-18(21)25)13(23)10-6-4-3-5-7-10/h3-8,12,14-15,17,22H,9H2,1-2H3,(H,20,24,25)/t12-,14-,15-,17-/m1/s1. The Kier molecular flexibility index (Phi) is 4.54. The summed E-state index contributed by atoms with van der Waals surface area (Å²) in [6.07, 6.45) is -1.76. The van der Waals surface area contributed by atoms with Gasteiger partial charge in [0.2, 0.25) is 0 Å². The van der Waals surface area contributed by atoms with Crippen LogP contribution in [0.3, 0.4) is 0 Å². The first-order valence-electron chi connectivity index (χ1n) is 8.88. The summed E-state index contributed by atoms with van der Waals surface area (Å²) in [6.45, 7) is 3.11. The SMILES string of the molecule is CC1(C)O[C@@H]2[C@H](O1)[C@@H](CO)O[C@H]2n1cc(C(=O)c2ccccc2)c(=O)[nH]c1=O. The highest BCUT2D eigenvalue weighted by Gasteiger charge is 2.56. The number of hydrogen-bond donors (Lipinski definition) is 2. The first-order valence-corrected chi connectivity index (χ1v) is 8.88. The Bertz CT molecular complexity index is 1010. The van der Waals surface area contributed by atoms with Gasteiger partial charge in [-0.05, 0) is 13.8 Å². The summed E-state index contributed by atoms with van der Waals surface area (Å²) >= 11 is 0. The maximum absolute atomic E-state index is 12.7. The molecule has 0 radical (unpaired) electrons. The van der Waals surface area contributed by atoms with Crippen molar-refractivity contribution in [2.45, 2.75) is 44.2 Å². The van der Waals surface area contributed by atoms with E-state index in [0.717, 1.165) is 4.57 Å². The number of ether oxygens (including phenoxy) is 3. The molecule has 1 aromatic heterocycles. The lowest BCUT2D eigenvalue weighted by Gasteiger charge is -2.24. The molecule has 4 atom stereocenters. The average molecular weight is 388 g/mol. The third-order valence-electron chi connectivity index (χ3n) is 4.83. The molecule has 3 heterocycles. The predicted octanol–water partition coefficient (Wildman–Crippen LogP) is 0.177. The van der Waals surface area contributed by atoms with Crippen molar-refractivity contribution >= 4 is 5.78 Å². The monoisotopic (exact) mass is 388 g/mol. The molecule has 2 saturated heterocycles. The predicted molar refractivity (Wildman–Crippen MR) is 96.0 cm³/mol. The number of carbonyl (C=O) groups is 1. The van der Waals surface area contributed by atoms with E-state index in [1.165, 1.54) is 6.20 Å². The van der Waals surface area contributed by atoms with Crippen LogP contribution in [0.2, 0.25) is 0 Å². The Hall–Kier alpha value is -2.59. The van der Waals surface area contributed by atoms with E-state index in [0.29, 0.717) is 5.56 Å². The first kappa shape index (κ1) is 18.8. The zero-order chi connectivity index (χ0) is 20.1. The first-order chi connectivity index (χ1) is 13.3. The minimum Gasteiger partial charge on any atom is -0.394 e. The van der Waals surface area contributed by atoms with Crippen LogP contribution in [0.1, 0.15) is 36.0 Å². The average Bonchev–Trinajstić information content (AvgIpc) is 3.15. The van der Waals surface area contributed by atoms with Gasteiger partial charge in [-0.3, -0.25) is 19.1 Å². The third kappa shape index (κ3) is 3.12. The quantitative estimate of drug-likeness (QED) is 0.717. The van der Waals surface area contributed by atoms with E-state index in [1.807, 2.05) is 0 Å². The van der Waals surface area contributed by atoms with Crippen molar-refractivity contribution in [2.24, 2.45) is 0 Å². The molecule has 2 aliphatic rings. The molecule has 2 N–H and O–H groups in total. The van der Waals surface area contributed by atoms with Gasteiger partial charge in [-0.1, -0.05) is 30.3 Å². The van der Waals surface area contributed by atoms with E-state index in [1.54, 1.807) is 44.2 Å². The Morgan fingerprint density at radius 1 is 1.18 bits per heavy atom. The molecule has 4 rings (SSSR count). The van der Waals surface area contributed by atoms with Gasteiger partial charge in [-0.15, -0.1) is 0 Å². The number of nitrogens with one attached hydrogen (secondary N) is 1. The Morgan fingerprint density at radius 3 is 2.54 bits per heavy atom. The van der Waals surface area contributed by atoms with Crippen molar-refractivity contribution in [1.29, 1.82) is 0 Å². The molecule has 0 aliphatic carbocycles. The summed E-state index contributed by atoms with van der Waals surface area (Å²) in [4.78, 5) is 39.6. The third-order valence-corrected chi connectivity index (χ3v) is 4.83. The molecule has 2 fully saturated rings. The number of ketones is 1. The molecule has 28 heavy (non-hydrogen) atoms. The van der Waals surface area contributed by atoms with Gasteiger partial charge < -0.3 is 19.3 Å². The van der Waals surface area contributed by atoms with Crippen molar-refractivity contribution in [1.82, 2.24) is 9.55 Å². The zero-order valence-corrected chi connectivity index (χ0v) is 15.3. The number of benzene rings is 1. The summed E-state index contributed by atoms with van der Waals surface area (Å²) in [5.41, 5.74) is -1.41. The van der Waals surface area contributed by atoms with E-state index < -0.39 is 47.4 Å². The van der Waals surface area contributed by atoms with Crippen molar-refractivity contribution in [2.75, 3.05) is 6.61 Å². The molecule has 2 aromatic rings. The second-order valence-corrected chi connectivity index (χ2v) is 7.22. The summed E-state index contributed by atoms with van der Waals surface area (Å²) in [6, 6.07) is 8.28. The minimum atomic E-state index is -0.962. The van der Waals surface area contributed by atoms with E-state index in [2.05, 4.69) is 4.98 Å². The number of fused-ring (bicyclic) bond motifs is 1. The van der Waals surface area contributed by atoms with E-state index in [-0.39, 0.29) is 12.2 Å². The maximum atomic E-state index is 12.7. The molecule has 9 nitrogen and oxygen atoms in total. The van der Waals surface area contributed by atoms with Gasteiger partial charge in [0.05, 0.1) is 6.61 Å². The van der Waals surface area contributed by atoms with E-state index in [9.17, 15) is 19.5 Å². The second kappa shape index (κ2) is 6.78. The van der Waals surface area contributed by atoms with Crippen LogP contribution in [0.15, 0.2) is 46.1 Å². The fourth-order valence-electron chi connectivity index (χ4n) is 3.61. The summed E-state index contributed by atoms with van der Waals surface area (Å²) < 4.78 is 18.5. The lowest BCUT2D eigenvalue weighted by Crippen LogP contribution is -2.39. The number of rotatable bonds is 4. The van der Waals surface area contributed by atoms with Crippen LogP contribution in [-0.2, 0) is 14.2 Å². The minimum absolute atomic E-state index is 0.198. The highest BCUT2D eigenvalue weighted by molar-refractivity contribution is 6.08. The van der Waals surface area contributed by atoms with Crippen LogP contribution in [-0.4, -0.2) is 51.1 Å². The van der Waals surface area contributed by atoms with Crippen LogP contribution in [0.5, 0.6) is 0 Å². The maximum Gasteiger partial charge on any atom is 0.330 e. The normalized spacial score (nSPS) is 28.2. The number of aromatic nitrogens is 2. The Labute approximate surface area is 159 Å². The van der Waals surface area contributed by atoms with E-state index >= 15 is 0 Å². The lowest BCUT2D eigenvalue weighted by molar-refractivity contribution is -0.200. The summed E-state index contributed by atoms with van der Waals surface area (Å²) in [7, 11) is 0. The molecule has 0 unspecified atom stereocenters. The molecule has 9 heteroatoms. The summed E-state index contributed by atoms with van der Waals surface area (Å²) in [5.74, 6) is -1.44. The highest BCUT2D eigenvalue weighted by atomic mass is 16.8. The number of aliphatic hydroxyl groups is 1. The molecule has 1 aromatic carbocycles. The van der Waals surface area contributed by atoms with Gasteiger partial charge in [0, 0.05) is 11.8 Å². The van der Waals surface area contributed by atoms with Gasteiger partial charge in [0.1, 0.15) is 23.9 Å². The number of aliphatic hydroxyl groups excluding tert-OH is 1. The molecule has 2 aliphatic heterocycles. The van der Waals surface area contributed by atoms with Gasteiger partial charge in [-0.25, -0.2) is 4.79 Å². The number of H-pyrrole nitrogens is 1. The fourth-order valence-corrected chi connectivity index (χ4v) is 3.61. The van der Waals surface area contributed by atoms with Gasteiger partial charge >= 0.3 is 5.69 Å². The Morgan fingerprint density at radius 2 is 1.86 bits per heavy atom. The molecular formula is C19H20N2O7. The second-order valence-electron chi connectivity index (χ2n) is 7.22. The van der Waals surface area contributed by atoms with E-state index in [4.69, 9.17) is 14.2 Å². The number of carbonyl (C=O) groups excluding carboxylic acids is 1. The molecule has 0 bridgehead atoms. The van der Waals surface area contributed by atoms with Crippen molar-refractivity contribution in [3.8, 4) is 0 Å². The van der Waals surface area contributed by atoms with Gasteiger partial charge in [0.25, 0.3) is 5.56 Å². The van der Waals surface area contributed by atoms with Crippen molar-refractivity contribution < 1.29 is 24.1 Å². The van der Waals surface area contributed by atoms with Crippen LogP contribution in [0.25, 0.3) is 0 Å². The lowest BCUT2D eigenvalue weighted by atomic mass is 10.1. The van der Waals surface area contributed by atoms with Gasteiger partial charge in [0.15, 0.2) is 17.8 Å². The smallest absolute Gasteiger partial charge is 0.330 e. The van der Waals surface area contributed by atoms with Crippen LogP contribution in [0.4, 0.5) is 0 Å². The van der Waals surface area contributed by atoms with Crippen molar-refractivity contribution in [3.63, 3.8) is 0 Å². The number of aromatic amines is 1. The van der Waals surface area contributed by atoms with Crippen LogP contribution < -0.4 is 11.2 Å². The van der Waals surface area contributed by atoms with Crippen LogP contribution >= 0.6 is 0 Å². The van der Waals surface area contributed by atoms with Crippen molar-refractivity contribution in [3.05, 3.63) is 68.5 Å². The molecular weight excluding hydrogens is 368 g/mol. The highest BCUT2D eigenvalue weighted by Crippen LogP contribution is 2.42. The molecule has 0 spiro atoms. The van der Waals surface area contributed by atoms with Gasteiger partial charge in [-0.2, -0.15) is 0 Å². The fraction of sp³-hybridized carbons (Fsp3) is 0.421. The summed E-state index contributed by atoms with van der Waals surface area (Å²) in [5, 5.41) is 9.59. The number of hydrogen-bond acceptors (Lipinski definition) is 7. The zero-order valence-electron chi connectivity index (χ0n) is 15.3. The molecule has 0 amide bonds. The topological polar surface area (TPSA) is 120 Å². The molecule has 0 saturated carbocycles. The van der Waals surface area contributed by atoms with Crippen LogP contribution in [0, 0.1) is 0 Å². The Balaban J connectivity index is 1.75.